The van der Waals surface area contributed by atoms with Crippen molar-refractivity contribution in [3.05, 3.63) is 45.5 Å². The lowest BCUT2D eigenvalue weighted by atomic mass is 10.0. The number of ether oxygens (including phenoxy) is 1. The van der Waals surface area contributed by atoms with Gasteiger partial charge in [0.25, 0.3) is 11.8 Å². The molecule has 4 rings (SSSR count). The number of β-lactam (4-membered cyclic amide) rings is 1. The molecule has 1 saturated heterocycles. The van der Waals surface area contributed by atoms with Crippen LogP contribution in [0.1, 0.15) is 12.6 Å². The summed E-state index contributed by atoms with van der Waals surface area (Å²) in [5.74, 6) is -0.680. The number of hydrogen-bond acceptors (Lipinski definition) is 13. The van der Waals surface area contributed by atoms with E-state index in [1.54, 1.807) is 23.3 Å². The number of nitrogens with one attached hydrogen (secondary N) is 1. The lowest BCUT2D eigenvalue weighted by molar-refractivity contribution is -0.152. The van der Waals surface area contributed by atoms with Crippen molar-refractivity contribution in [1.29, 1.82) is 0 Å². The molecular formula is C20H20N6O5S4. The Morgan fingerprint density at radius 3 is 2.89 bits per heavy atom. The van der Waals surface area contributed by atoms with Crippen LogP contribution in [0.5, 0.6) is 0 Å². The Morgan fingerprint density at radius 2 is 2.23 bits per heavy atom. The van der Waals surface area contributed by atoms with Gasteiger partial charge >= 0.3 is 5.97 Å². The lowest BCUT2D eigenvalue weighted by Crippen LogP contribution is -2.71. The second-order valence-electron chi connectivity index (χ2n) is 7.34. The van der Waals surface area contributed by atoms with E-state index in [0.717, 1.165) is 9.91 Å². The Hall–Kier alpha value is -2.75. The van der Waals surface area contributed by atoms with Gasteiger partial charge in [-0.3, -0.25) is 14.5 Å². The molecule has 0 saturated carbocycles. The van der Waals surface area contributed by atoms with E-state index in [0.29, 0.717) is 22.8 Å². The zero-order valence-electron chi connectivity index (χ0n) is 18.6. The van der Waals surface area contributed by atoms with Crippen LogP contribution in [0.15, 0.2) is 49.3 Å². The summed E-state index contributed by atoms with van der Waals surface area (Å²) in [6, 6.07) is -0.838. The Bertz CT molecular complexity index is 1180. The first-order valence-electron chi connectivity index (χ1n) is 10.1. The Labute approximate surface area is 217 Å². The molecule has 1 N–H and O–H groups in total. The third-order valence-electron chi connectivity index (χ3n) is 4.76. The molecule has 2 atom stereocenters. The minimum Gasteiger partial charge on any atom is -0.457 e. The van der Waals surface area contributed by atoms with Gasteiger partial charge in [0.1, 0.15) is 42.0 Å². The van der Waals surface area contributed by atoms with Gasteiger partial charge in [-0.25, -0.2) is 9.78 Å². The van der Waals surface area contributed by atoms with E-state index >= 15 is 0 Å². The van der Waals surface area contributed by atoms with Crippen molar-refractivity contribution < 1.29 is 24.0 Å². The fourth-order valence-corrected chi connectivity index (χ4v) is 6.76. The van der Waals surface area contributed by atoms with Gasteiger partial charge in [-0.2, -0.15) is 0 Å². The summed E-state index contributed by atoms with van der Waals surface area (Å²) in [5.41, 5.74) is 5.13. The number of thioether (sulfide) groups is 2. The fraction of sp³-hybridized carbons (Fsp3) is 0.350. The summed E-state index contributed by atoms with van der Waals surface area (Å²) in [5, 5.41) is 15.5. The van der Waals surface area contributed by atoms with Crippen LogP contribution >= 0.6 is 46.2 Å². The summed E-state index contributed by atoms with van der Waals surface area (Å²) >= 11 is 5.58. The molecule has 2 aromatic heterocycles. The highest BCUT2D eigenvalue weighted by atomic mass is 32.2. The molecular weight excluding hydrogens is 533 g/mol. The highest BCUT2D eigenvalue weighted by molar-refractivity contribution is 8.01. The smallest absolute Gasteiger partial charge is 0.355 e. The Morgan fingerprint density at radius 1 is 1.40 bits per heavy atom. The molecule has 0 spiro atoms. The quantitative estimate of drug-likeness (QED) is 0.116. The Balaban J connectivity index is 1.53. The van der Waals surface area contributed by atoms with Gasteiger partial charge in [-0.15, -0.1) is 33.3 Å². The molecule has 2 aromatic rings. The van der Waals surface area contributed by atoms with Crippen molar-refractivity contribution >= 4 is 69.7 Å². The van der Waals surface area contributed by atoms with E-state index < -0.39 is 29.2 Å². The minimum atomic E-state index is -0.838. The van der Waals surface area contributed by atoms with Crippen LogP contribution in [0, 0.1) is 0 Å². The van der Waals surface area contributed by atoms with Crippen LogP contribution in [0.2, 0.25) is 0 Å². The number of carbonyl (C=O) groups excluding carboxylic acids is 3. The standard InChI is InChI=1S/C20H20N6O5S4/c1-10(2)4-31-19(29)15-11(6-34-20-24-22-9-35-20)5-33-18-14(17(28)26(15)18)23-16(27)13(25-30-3)12-7-32-8-21-12/h7-9,14,18H,1,4-6H2,2-3H3,(H,23,27)/t14?,18-/m0/s1. The van der Waals surface area contributed by atoms with Crippen molar-refractivity contribution in [3.8, 4) is 0 Å². The normalized spacial score (nSPS) is 19.7. The maximum atomic E-state index is 13.2. The first kappa shape index (κ1) is 25.3. The number of rotatable bonds is 10. The molecule has 2 amide bonds. The summed E-state index contributed by atoms with van der Waals surface area (Å²) in [6.45, 7) is 5.54. The average Bonchev–Trinajstić information content (AvgIpc) is 3.56. The number of oxime groups is 1. The van der Waals surface area contributed by atoms with Gasteiger partial charge in [0.05, 0.1) is 5.51 Å². The number of carbonyl (C=O) groups is 3. The maximum absolute atomic E-state index is 13.2. The first-order valence-corrected chi connectivity index (χ1v) is 13.9. The van der Waals surface area contributed by atoms with E-state index in [9.17, 15) is 14.4 Å². The van der Waals surface area contributed by atoms with E-state index in [1.165, 1.54) is 58.2 Å². The fourth-order valence-electron chi connectivity index (χ4n) is 3.25. The molecule has 11 nitrogen and oxygen atoms in total. The number of fused-ring (bicyclic) bond motifs is 1. The molecule has 0 aliphatic carbocycles. The summed E-state index contributed by atoms with van der Waals surface area (Å²) in [6.07, 6.45) is 0. The molecule has 1 unspecified atom stereocenters. The molecule has 0 radical (unpaired) electrons. The highest BCUT2D eigenvalue weighted by Crippen LogP contribution is 2.42. The van der Waals surface area contributed by atoms with E-state index in [2.05, 4.69) is 32.2 Å². The molecule has 35 heavy (non-hydrogen) atoms. The summed E-state index contributed by atoms with van der Waals surface area (Å²) < 4.78 is 6.14. The molecule has 0 bridgehead atoms. The topological polar surface area (TPSA) is 136 Å². The molecule has 0 aromatic carbocycles. The average molecular weight is 553 g/mol. The molecule has 1 fully saturated rings. The number of amides is 2. The van der Waals surface area contributed by atoms with Crippen molar-refractivity contribution in [3.63, 3.8) is 0 Å². The minimum absolute atomic E-state index is 0.0356. The van der Waals surface area contributed by atoms with Gasteiger partial charge in [0, 0.05) is 16.9 Å². The maximum Gasteiger partial charge on any atom is 0.355 e. The zero-order valence-corrected chi connectivity index (χ0v) is 21.9. The predicted octanol–water partition coefficient (Wildman–Crippen LogP) is 1.91. The number of aromatic nitrogens is 3. The molecule has 184 valence electrons. The number of nitrogens with zero attached hydrogens (tertiary/aromatic N) is 5. The van der Waals surface area contributed by atoms with Crippen molar-refractivity contribution in [2.75, 3.05) is 25.2 Å². The van der Waals surface area contributed by atoms with Crippen LogP contribution in [0.3, 0.4) is 0 Å². The van der Waals surface area contributed by atoms with Gasteiger partial charge in [0.15, 0.2) is 10.1 Å². The van der Waals surface area contributed by atoms with Crippen LogP contribution in [-0.2, 0) is 24.0 Å². The largest absolute Gasteiger partial charge is 0.457 e. The van der Waals surface area contributed by atoms with E-state index in [4.69, 9.17) is 9.57 Å². The van der Waals surface area contributed by atoms with Crippen molar-refractivity contribution in [2.24, 2.45) is 5.16 Å². The van der Waals surface area contributed by atoms with E-state index in [1.807, 2.05) is 0 Å². The third kappa shape index (κ3) is 5.58. The Kier molecular flexibility index (Phi) is 8.20. The zero-order chi connectivity index (χ0) is 24.9. The van der Waals surface area contributed by atoms with Gasteiger partial charge in [-0.1, -0.05) is 34.8 Å². The number of thiazole rings is 1. The van der Waals surface area contributed by atoms with Crippen LogP contribution < -0.4 is 5.32 Å². The second kappa shape index (κ2) is 11.3. The number of esters is 1. The van der Waals surface area contributed by atoms with Crippen LogP contribution in [0.25, 0.3) is 0 Å². The van der Waals surface area contributed by atoms with Crippen LogP contribution in [-0.4, -0.2) is 80.2 Å². The summed E-state index contributed by atoms with van der Waals surface area (Å²) in [7, 11) is 1.32. The van der Waals surface area contributed by atoms with Crippen molar-refractivity contribution in [1.82, 2.24) is 25.4 Å². The summed E-state index contributed by atoms with van der Waals surface area (Å²) in [4.78, 5) is 49.3. The van der Waals surface area contributed by atoms with Crippen molar-refractivity contribution in [2.45, 2.75) is 22.7 Å². The first-order chi connectivity index (χ1) is 16.9. The molecule has 4 heterocycles. The van der Waals surface area contributed by atoms with Gasteiger partial charge < -0.3 is 14.9 Å². The lowest BCUT2D eigenvalue weighted by Gasteiger charge is -2.49. The second-order valence-corrected chi connectivity index (χ2v) is 11.2. The number of hydrogen-bond donors (Lipinski definition) is 1. The van der Waals surface area contributed by atoms with Gasteiger partial charge in [-0.05, 0) is 18.1 Å². The molecule has 15 heteroatoms. The molecule has 2 aliphatic rings. The van der Waals surface area contributed by atoms with E-state index in [-0.39, 0.29) is 18.0 Å². The predicted molar refractivity (Wildman–Crippen MR) is 134 cm³/mol. The SMILES string of the molecule is C=C(C)COC(=O)C1=C(CSc2nncs2)CS[C@H]2C(NC(=O)C(=NOC)c3cscn3)C(=O)N12. The molecule has 2 aliphatic heterocycles. The van der Waals surface area contributed by atoms with Crippen LogP contribution in [0.4, 0.5) is 0 Å². The monoisotopic (exact) mass is 552 g/mol. The van der Waals surface area contributed by atoms with Gasteiger partial charge in [0.2, 0.25) is 0 Å². The highest BCUT2D eigenvalue weighted by Gasteiger charge is 2.54. The third-order valence-corrected chi connectivity index (χ3v) is 8.63.